The lowest BCUT2D eigenvalue weighted by Crippen LogP contribution is -2.45. The molecule has 2 fully saturated rings. The smallest absolute Gasteiger partial charge is 0.262 e. The third-order valence-corrected chi connectivity index (χ3v) is 3.11. The van der Waals surface area contributed by atoms with Crippen LogP contribution in [0.1, 0.15) is 12.8 Å². The fourth-order valence-electron chi connectivity index (χ4n) is 2.16. The third-order valence-electron chi connectivity index (χ3n) is 3.11. The molecule has 5 nitrogen and oxygen atoms in total. The minimum atomic E-state index is -2.82. The van der Waals surface area contributed by atoms with Crippen LogP contribution in [0.3, 0.4) is 0 Å². The van der Waals surface area contributed by atoms with Crippen LogP contribution < -0.4 is 10.6 Å². The number of nitrogens with one attached hydrogen (secondary N) is 2. The van der Waals surface area contributed by atoms with Gasteiger partial charge in [0.2, 0.25) is 11.8 Å². The predicted octanol–water partition coefficient (Wildman–Crippen LogP) is -0.248. The number of hydrogen-bond donors (Lipinski definition) is 2. The van der Waals surface area contributed by atoms with Gasteiger partial charge in [-0.05, 0) is 0 Å². The molecule has 0 aromatic rings. The summed E-state index contributed by atoms with van der Waals surface area (Å²) >= 11 is 0. The molecule has 0 spiro atoms. The van der Waals surface area contributed by atoms with E-state index in [1.54, 1.807) is 7.05 Å². The van der Waals surface area contributed by atoms with Gasteiger partial charge < -0.3 is 10.2 Å². The lowest BCUT2D eigenvalue weighted by atomic mass is 10.1. The van der Waals surface area contributed by atoms with Crippen LogP contribution in [0.4, 0.5) is 8.78 Å². The molecule has 18 heavy (non-hydrogen) atoms. The molecule has 2 rings (SSSR count). The maximum atomic E-state index is 12.9. The van der Waals surface area contributed by atoms with Crippen LogP contribution in [-0.4, -0.2) is 54.9 Å². The number of nitrogens with zero attached hydrogens (tertiary/aromatic N) is 1. The number of likely N-dealkylation sites (N-methyl/N-ethyl adjacent to an activating group) is 1. The van der Waals surface area contributed by atoms with E-state index in [0.29, 0.717) is 6.54 Å². The van der Waals surface area contributed by atoms with Crippen LogP contribution in [0.15, 0.2) is 0 Å². The van der Waals surface area contributed by atoms with E-state index in [1.165, 1.54) is 4.90 Å². The maximum Gasteiger partial charge on any atom is 0.262 e. The number of carbonyl (C=O) groups is 2. The minimum absolute atomic E-state index is 0. The van der Waals surface area contributed by atoms with Crippen LogP contribution in [-0.2, 0) is 9.59 Å². The second kappa shape index (κ2) is 5.36. The third kappa shape index (κ3) is 3.29. The number of rotatable bonds is 2. The highest BCUT2D eigenvalue weighted by Crippen LogP contribution is 2.25. The Kier molecular flexibility index (Phi) is 4.50. The number of likely N-dealkylation sites (tertiary alicyclic amines) is 1. The Bertz CT molecular complexity index is 354. The summed E-state index contributed by atoms with van der Waals surface area (Å²) in [5, 5.41) is 5.10. The molecule has 0 radical (unpaired) electrons. The molecule has 2 amide bonds. The van der Waals surface area contributed by atoms with Crippen molar-refractivity contribution >= 4 is 24.2 Å². The van der Waals surface area contributed by atoms with Crippen molar-refractivity contribution in [1.29, 1.82) is 0 Å². The van der Waals surface area contributed by atoms with Crippen molar-refractivity contribution in [3.8, 4) is 0 Å². The van der Waals surface area contributed by atoms with Crippen LogP contribution in [0.2, 0.25) is 0 Å². The molecule has 104 valence electrons. The van der Waals surface area contributed by atoms with Crippen LogP contribution >= 0.6 is 12.4 Å². The van der Waals surface area contributed by atoms with Crippen molar-refractivity contribution in [2.24, 2.45) is 0 Å². The summed E-state index contributed by atoms with van der Waals surface area (Å²) < 4.78 is 25.8. The van der Waals surface area contributed by atoms with Crippen molar-refractivity contribution in [2.75, 3.05) is 20.1 Å². The van der Waals surface area contributed by atoms with Gasteiger partial charge in [-0.1, -0.05) is 0 Å². The first-order valence-electron chi connectivity index (χ1n) is 5.53. The summed E-state index contributed by atoms with van der Waals surface area (Å²) in [5.74, 6) is -3.31. The Balaban J connectivity index is 0.00000162. The van der Waals surface area contributed by atoms with Gasteiger partial charge in [-0.25, -0.2) is 8.78 Å². The normalized spacial score (nSPS) is 30.2. The van der Waals surface area contributed by atoms with Gasteiger partial charge >= 0.3 is 0 Å². The average molecular weight is 284 g/mol. The van der Waals surface area contributed by atoms with Gasteiger partial charge in [-0.3, -0.25) is 14.9 Å². The minimum Gasteiger partial charge on any atom is -0.350 e. The van der Waals surface area contributed by atoms with Gasteiger partial charge in [0.1, 0.15) is 0 Å². The first-order valence-corrected chi connectivity index (χ1v) is 5.53. The van der Waals surface area contributed by atoms with E-state index in [1.807, 2.05) is 0 Å². The molecule has 2 aliphatic rings. The van der Waals surface area contributed by atoms with E-state index in [0.717, 1.165) is 0 Å². The lowest BCUT2D eigenvalue weighted by Gasteiger charge is -2.15. The zero-order chi connectivity index (χ0) is 12.6. The fraction of sp³-hybridized carbons (Fsp3) is 0.800. The van der Waals surface area contributed by atoms with E-state index >= 15 is 0 Å². The average Bonchev–Trinajstić information content (AvgIpc) is 2.71. The van der Waals surface area contributed by atoms with Gasteiger partial charge in [0.05, 0.1) is 18.6 Å². The van der Waals surface area contributed by atoms with Gasteiger partial charge in [0.25, 0.3) is 5.92 Å². The Morgan fingerprint density at radius 3 is 2.67 bits per heavy atom. The van der Waals surface area contributed by atoms with Crippen molar-refractivity contribution in [1.82, 2.24) is 15.5 Å². The molecular formula is C10H16ClF2N3O2. The number of halogens is 3. The Hall–Kier alpha value is -0.950. The SMILES string of the molecule is CN1CC(NC(=O)C2CC(F)(F)CN2)CC1=O.Cl. The fourth-order valence-corrected chi connectivity index (χ4v) is 2.16. The van der Waals surface area contributed by atoms with Crippen molar-refractivity contribution in [2.45, 2.75) is 30.8 Å². The maximum absolute atomic E-state index is 12.9. The lowest BCUT2D eigenvalue weighted by molar-refractivity contribution is -0.126. The quantitative estimate of drug-likeness (QED) is 0.735. The number of amides is 2. The van der Waals surface area contributed by atoms with Gasteiger partial charge in [-0.15, -0.1) is 12.4 Å². The first-order chi connectivity index (χ1) is 7.87. The highest BCUT2D eigenvalue weighted by molar-refractivity contribution is 5.85. The number of carbonyl (C=O) groups excluding carboxylic acids is 2. The van der Waals surface area contributed by atoms with Crippen molar-refractivity contribution in [3.05, 3.63) is 0 Å². The van der Waals surface area contributed by atoms with Gasteiger partial charge in [0, 0.05) is 26.4 Å². The molecule has 8 heteroatoms. The number of hydrogen-bond acceptors (Lipinski definition) is 3. The summed E-state index contributed by atoms with van der Waals surface area (Å²) in [6.07, 6.45) is -0.235. The molecule has 0 saturated carbocycles. The van der Waals surface area contributed by atoms with Crippen molar-refractivity contribution < 1.29 is 18.4 Å². The molecule has 2 heterocycles. The molecule has 0 aromatic carbocycles. The zero-order valence-corrected chi connectivity index (χ0v) is 10.7. The van der Waals surface area contributed by atoms with E-state index in [9.17, 15) is 18.4 Å². The second-order valence-corrected chi connectivity index (χ2v) is 4.68. The standard InChI is InChI=1S/C10H15F2N3O2.ClH/c1-15-4-6(2-8(15)16)14-9(17)7-3-10(11,12)5-13-7;/h6-7,13H,2-5H2,1H3,(H,14,17);1H. The van der Waals surface area contributed by atoms with Crippen LogP contribution in [0.25, 0.3) is 0 Å². The Morgan fingerprint density at radius 1 is 1.56 bits per heavy atom. The predicted molar refractivity (Wildman–Crippen MR) is 62.8 cm³/mol. The highest BCUT2D eigenvalue weighted by Gasteiger charge is 2.43. The van der Waals surface area contributed by atoms with Crippen LogP contribution in [0.5, 0.6) is 0 Å². The molecule has 2 saturated heterocycles. The Morgan fingerprint density at radius 2 is 2.22 bits per heavy atom. The summed E-state index contributed by atoms with van der Waals surface area (Å²) in [5.41, 5.74) is 0. The molecular weight excluding hydrogens is 268 g/mol. The first kappa shape index (κ1) is 15.1. The molecule has 2 N–H and O–H groups in total. The molecule has 0 bridgehead atoms. The summed E-state index contributed by atoms with van der Waals surface area (Å²) in [7, 11) is 1.65. The second-order valence-electron chi connectivity index (χ2n) is 4.68. The highest BCUT2D eigenvalue weighted by atomic mass is 35.5. The summed E-state index contributed by atoms with van der Waals surface area (Å²) in [6.45, 7) is -0.0255. The van der Waals surface area contributed by atoms with E-state index in [2.05, 4.69) is 10.6 Å². The van der Waals surface area contributed by atoms with Gasteiger partial charge in [0.15, 0.2) is 0 Å². The zero-order valence-electron chi connectivity index (χ0n) is 9.91. The van der Waals surface area contributed by atoms with E-state index in [4.69, 9.17) is 0 Å². The molecule has 2 atom stereocenters. The largest absolute Gasteiger partial charge is 0.350 e. The topological polar surface area (TPSA) is 61.4 Å². The molecule has 0 aromatic heterocycles. The van der Waals surface area contributed by atoms with E-state index in [-0.39, 0.29) is 30.8 Å². The Labute approximate surface area is 110 Å². The molecule has 2 aliphatic heterocycles. The summed E-state index contributed by atoms with van der Waals surface area (Å²) in [6, 6.07) is -1.12. The van der Waals surface area contributed by atoms with E-state index < -0.39 is 30.8 Å². The number of alkyl halides is 2. The van der Waals surface area contributed by atoms with Gasteiger partial charge in [-0.2, -0.15) is 0 Å². The monoisotopic (exact) mass is 283 g/mol. The van der Waals surface area contributed by atoms with Crippen molar-refractivity contribution in [3.63, 3.8) is 0 Å². The molecule has 2 unspecified atom stereocenters. The van der Waals surface area contributed by atoms with Crippen LogP contribution in [0, 0.1) is 0 Å². The summed E-state index contributed by atoms with van der Waals surface area (Å²) in [4.78, 5) is 24.4. The molecule has 0 aliphatic carbocycles.